The molecular weight excluding hydrogens is 651 g/mol. The molecule has 11 rings (SSSR count). The Balaban J connectivity index is 1.19. The highest BCUT2D eigenvalue weighted by molar-refractivity contribution is 7.03. The van der Waals surface area contributed by atoms with Crippen molar-refractivity contribution < 1.29 is 8.83 Å². The predicted molar refractivity (Wildman–Crippen MR) is 221 cm³/mol. The van der Waals surface area contributed by atoms with Crippen molar-refractivity contribution in [2.45, 2.75) is 13.1 Å². The number of anilines is 3. The van der Waals surface area contributed by atoms with Crippen molar-refractivity contribution in [3.05, 3.63) is 164 Å². The summed E-state index contributed by atoms with van der Waals surface area (Å²) in [6.45, 7) is 4.96. The van der Waals surface area contributed by atoms with Gasteiger partial charge < -0.3 is 13.7 Å². The van der Waals surface area contributed by atoms with Crippen molar-refractivity contribution >= 4 is 90.2 Å². The predicted octanol–water partition coefficient (Wildman–Crippen LogP) is 12.6. The van der Waals surface area contributed by atoms with E-state index in [4.69, 9.17) is 8.83 Å². The van der Waals surface area contributed by atoms with Crippen LogP contribution in [0.4, 0.5) is 17.1 Å². The lowest BCUT2D eigenvalue weighted by atomic mass is 9.94. The minimum Gasteiger partial charge on any atom is -0.456 e. The molecule has 0 radical (unpaired) electrons. The molecule has 52 heavy (non-hydrogen) atoms. The average molecular weight is 684 g/mol. The average Bonchev–Trinajstić information content (AvgIpc) is 3.83. The van der Waals surface area contributed by atoms with Crippen molar-refractivity contribution in [3.63, 3.8) is 0 Å². The zero-order chi connectivity index (χ0) is 34.6. The molecule has 0 spiro atoms. The molecule has 0 N–H and O–H groups in total. The molecule has 0 bridgehead atoms. The van der Waals surface area contributed by atoms with Gasteiger partial charge in [-0.25, -0.2) is 0 Å². The van der Waals surface area contributed by atoms with Crippen LogP contribution in [0.1, 0.15) is 0 Å². The molecule has 0 amide bonds. The van der Waals surface area contributed by atoms with E-state index in [0.29, 0.717) is 0 Å². The quantitative estimate of drug-likeness (QED) is 0.173. The maximum Gasteiger partial charge on any atom is 0.137 e. The number of para-hydroxylation sites is 1. The third-order valence-electron chi connectivity index (χ3n) is 11.3. The Kier molecular flexibility index (Phi) is 6.11. The van der Waals surface area contributed by atoms with Crippen LogP contribution in [0.25, 0.3) is 76.9 Å². The molecule has 0 atom stereocenters. The van der Waals surface area contributed by atoms with Gasteiger partial charge in [0.05, 0.1) is 11.1 Å². The van der Waals surface area contributed by atoms with Gasteiger partial charge in [-0.05, 0) is 98.0 Å². The number of furan rings is 2. The van der Waals surface area contributed by atoms with Gasteiger partial charge in [-0.3, -0.25) is 0 Å². The fourth-order valence-electron chi connectivity index (χ4n) is 8.84. The van der Waals surface area contributed by atoms with Gasteiger partial charge in [0.15, 0.2) is 0 Å². The summed E-state index contributed by atoms with van der Waals surface area (Å²) < 4.78 is 13.0. The normalized spacial score (nSPS) is 13.3. The largest absolute Gasteiger partial charge is 0.456 e. The van der Waals surface area contributed by atoms with Crippen LogP contribution in [-0.2, 0) is 0 Å². The Bertz CT molecular complexity index is 3070. The van der Waals surface area contributed by atoms with Crippen molar-refractivity contribution in [1.82, 2.24) is 0 Å². The van der Waals surface area contributed by atoms with Gasteiger partial charge in [0.1, 0.15) is 30.4 Å². The van der Waals surface area contributed by atoms with E-state index < -0.39 is 8.07 Å². The molecule has 8 aromatic carbocycles. The Hall–Kier alpha value is -6.36. The molecule has 0 saturated heterocycles. The summed E-state index contributed by atoms with van der Waals surface area (Å²) in [5.74, 6) is 0. The van der Waals surface area contributed by atoms with E-state index in [1.54, 1.807) is 0 Å². The Labute approximate surface area is 302 Å². The fraction of sp³-hybridized carbons (Fsp3) is 0.0417. The molecule has 4 heteroatoms. The highest BCUT2D eigenvalue weighted by Crippen LogP contribution is 2.46. The third kappa shape index (κ3) is 4.13. The number of fused-ring (bicyclic) bond motifs is 10. The second kappa shape index (κ2) is 10.8. The van der Waals surface area contributed by atoms with Crippen LogP contribution in [0.3, 0.4) is 0 Å². The molecule has 10 aromatic rings. The van der Waals surface area contributed by atoms with Gasteiger partial charge in [0, 0.05) is 27.5 Å². The van der Waals surface area contributed by atoms with Gasteiger partial charge >= 0.3 is 0 Å². The molecule has 1 aliphatic heterocycles. The second-order valence-corrected chi connectivity index (χ2v) is 18.8. The van der Waals surface area contributed by atoms with E-state index in [0.717, 1.165) is 60.9 Å². The molecule has 0 fully saturated rings. The van der Waals surface area contributed by atoms with Crippen LogP contribution in [0.15, 0.2) is 173 Å². The van der Waals surface area contributed by atoms with Crippen molar-refractivity contribution in [3.8, 4) is 22.3 Å². The first-order valence-corrected chi connectivity index (χ1v) is 20.9. The van der Waals surface area contributed by atoms with Crippen molar-refractivity contribution in [1.29, 1.82) is 0 Å². The molecule has 3 nitrogen and oxygen atoms in total. The summed E-state index contributed by atoms with van der Waals surface area (Å²) in [6, 6.07) is 59.1. The van der Waals surface area contributed by atoms with Gasteiger partial charge in [-0.2, -0.15) is 0 Å². The number of hydrogen-bond acceptors (Lipinski definition) is 3. The Morgan fingerprint density at radius 3 is 1.90 bits per heavy atom. The highest BCUT2D eigenvalue weighted by Gasteiger charge is 2.37. The summed E-state index contributed by atoms with van der Waals surface area (Å²) in [5, 5.41) is 9.85. The smallest absolute Gasteiger partial charge is 0.137 e. The van der Waals surface area contributed by atoms with E-state index in [1.807, 2.05) is 6.07 Å². The van der Waals surface area contributed by atoms with Crippen LogP contribution in [0.2, 0.25) is 13.1 Å². The topological polar surface area (TPSA) is 29.5 Å². The molecule has 0 unspecified atom stereocenters. The minimum absolute atomic E-state index is 0.872. The molecular formula is C48H33NO2Si. The maximum atomic E-state index is 6.58. The second-order valence-electron chi connectivity index (χ2n) is 14.5. The molecule has 2 aromatic heterocycles. The van der Waals surface area contributed by atoms with E-state index >= 15 is 0 Å². The van der Waals surface area contributed by atoms with Crippen LogP contribution >= 0.6 is 0 Å². The fourth-order valence-corrected chi connectivity index (χ4v) is 11.9. The van der Waals surface area contributed by atoms with Gasteiger partial charge in [0.25, 0.3) is 0 Å². The van der Waals surface area contributed by atoms with E-state index in [2.05, 4.69) is 176 Å². The van der Waals surface area contributed by atoms with Crippen LogP contribution in [0, 0.1) is 0 Å². The van der Waals surface area contributed by atoms with Crippen LogP contribution in [-0.4, -0.2) is 8.07 Å². The van der Waals surface area contributed by atoms with Gasteiger partial charge in [-0.15, -0.1) is 0 Å². The first kappa shape index (κ1) is 29.4. The van der Waals surface area contributed by atoms with Crippen molar-refractivity contribution in [2.24, 2.45) is 0 Å². The van der Waals surface area contributed by atoms with Crippen LogP contribution in [0.5, 0.6) is 0 Å². The Morgan fingerprint density at radius 2 is 1.00 bits per heavy atom. The number of hydrogen-bond donors (Lipinski definition) is 0. The first-order chi connectivity index (χ1) is 25.5. The SMILES string of the molecule is C[Si]1(C)c2ccccc2-c2ccc(N(c3ccc4oc5cccc(-c6cccc7ccccc67)c5c4c3)c3cccc4oc5ccccc5c34)cc21. The number of nitrogens with zero attached hydrogens (tertiary/aromatic N) is 1. The van der Waals surface area contributed by atoms with Crippen molar-refractivity contribution in [2.75, 3.05) is 4.90 Å². The lowest BCUT2D eigenvalue weighted by Gasteiger charge is -2.28. The zero-order valence-corrected chi connectivity index (χ0v) is 29.9. The van der Waals surface area contributed by atoms with Gasteiger partial charge in [0.2, 0.25) is 0 Å². The standard InChI is InChI=1S/C48H33NO2Si/c1-52(2)45-23-8-6-15-35(45)36-26-24-32(29-46(36)52)49(40-19-11-22-44-48(40)38-16-5-7-20-41(38)50-44)31-25-27-42-39(28-31)47-37(18-10-21-43(47)51-42)34-17-9-13-30-12-3-4-14-33(30)34/h3-29H,1-2H3. The summed E-state index contributed by atoms with van der Waals surface area (Å²) >= 11 is 0. The van der Waals surface area contributed by atoms with E-state index in [-0.39, 0.29) is 0 Å². The third-order valence-corrected chi connectivity index (χ3v) is 14.8. The monoisotopic (exact) mass is 683 g/mol. The lowest BCUT2D eigenvalue weighted by molar-refractivity contribution is 0.668. The number of benzene rings is 8. The Morgan fingerprint density at radius 1 is 0.404 bits per heavy atom. The summed E-state index contributed by atoms with van der Waals surface area (Å²) in [5.41, 5.74) is 11.9. The highest BCUT2D eigenvalue weighted by atomic mass is 28.3. The molecule has 0 saturated carbocycles. The molecule has 1 aliphatic rings. The number of rotatable bonds is 4. The zero-order valence-electron chi connectivity index (χ0n) is 28.9. The lowest BCUT2D eigenvalue weighted by Crippen LogP contribution is -2.49. The summed E-state index contributed by atoms with van der Waals surface area (Å²) in [4.78, 5) is 2.43. The summed E-state index contributed by atoms with van der Waals surface area (Å²) in [6.07, 6.45) is 0. The molecule has 3 heterocycles. The maximum absolute atomic E-state index is 6.58. The van der Waals surface area contributed by atoms with Crippen LogP contribution < -0.4 is 15.3 Å². The summed E-state index contributed by atoms with van der Waals surface area (Å²) in [7, 11) is -1.94. The molecule has 0 aliphatic carbocycles. The molecule has 246 valence electrons. The van der Waals surface area contributed by atoms with E-state index in [1.165, 1.54) is 43.4 Å². The minimum atomic E-state index is -1.94. The first-order valence-electron chi connectivity index (χ1n) is 17.9. The van der Waals surface area contributed by atoms with Gasteiger partial charge in [-0.1, -0.05) is 122 Å². The van der Waals surface area contributed by atoms with E-state index in [9.17, 15) is 0 Å².